The van der Waals surface area contributed by atoms with E-state index in [0.29, 0.717) is 0 Å². The average molecular weight is 300 g/mol. The Balaban J connectivity index is 1.55. The molecule has 1 aromatic heterocycles. The number of rotatable bonds is 4. The summed E-state index contributed by atoms with van der Waals surface area (Å²) in [6, 6.07) is 12.4. The molecule has 0 bridgehead atoms. The molecule has 2 aromatic rings. The van der Waals surface area contributed by atoms with Crippen molar-refractivity contribution in [3.63, 3.8) is 0 Å². The van der Waals surface area contributed by atoms with Gasteiger partial charge in [-0.25, -0.2) is 0 Å². The van der Waals surface area contributed by atoms with Gasteiger partial charge in [-0.15, -0.1) is 11.3 Å². The van der Waals surface area contributed by atoms with Gasteiger partial charge in [-0.1, -0.05) is 18.2 Å². The lowest BCUT2D eigenvalue weighted by molar-refractivity contribution is -0.122. The maximum Gasteiger partial charge on any atom is 0.243 e. The van der Waals surface area contributed by atoms with E-state index in [-0.39, 0.29) is 18.0 Å². The summed E-state index contributed by atoms with van der Waals surface area (Å²) >= 11 is 1.80. The molecule has 110 valence electrons. The van der Waals surface area contributed by atoms with E-state index in [1.807, 2.05) is 18.2 Å². The topological polar surface area (TPSA) is 41.1 Å². The van der Waals surface area contributed by atoms with Crippen molar-refractivity contribution >= 4 is 22.9 Å². The number of fused-ring (bicyclic) bond motifs is 1. The Labute approximate surface area is 129 Å². The number of benzene rings is 1. The molecule has 0 radical (unpaired) electrons. The molecule has 0 saturated carbocycles. The van der Waals surface area contributed by atoms with Crippen molar-refractivity contribution in [2.24, 2.45) is 0 Å². The van der Waals surface area contributed by atoms with Gasteiger partial charge in [-0.2, -0.15) is 0 Å². The minimum atomic E-state index is -0.144. The first-order chi connectivity index (χ1) is 10.1. The number of hydrogen-bond donors (Lipinski definition) is 2. The Kier molecular flexibility index (Phi) is 3.97. The van der Waals surface area contributed by atoms with Crippen LogP contribution in [-0.4, -0.2) is 18.0 Å². The Morgan fingerprint density at radius 1 is 1.38 bits per heavy atom. The third-order valence-corrected chi connectivity index (χ3v) is 4.80. The zero-order valence-corrected chi connectivity index (χ0v) is 13.2. The number of anilines is 1. The van der Waals surface area contributed by atoms with Crippen LogP contribution in [0.25, 0.3) is 0 Å². The molecule has 2 heterocycles. The van der Waals surface area contributed by atoms with E-state index >= 15 is 0 Å². The van der Waals surface area contributed by atoms with Crippen LogP contribution in [0.15, 0.2) is 36.4 Å². The van der Waals surface area contributed by atoms with Crippen molar-refractivity contribution in [1.29, 1.82) is 0 Å². The number of thiophene rings is 1. The lowest BCUT2D eigenvalue weighted by Gasteiger charge is -2.17. The molecule has 0 spiro atoms. The zero-order valence-electron chi connectivity index (χ0n) is 12.3. The summed E-state index contributed by atoms with van der Waals surface area (Å²) in [7, 11) is 0. The van der Waals surface area contributed by atoms with Crippen LogP contribution in [0.5, 0.6) is 0 Å². The van der Waals surface area contributed by atoms with Gasteiger partial charge >= 0.3 is 0 Å². The number of nitrogens with one attached hydrogen (secondary N) is 2. The third-order valence-electron chi connectivity index (χ3n) is 3.78. The molecular formula is C17H20N2OS. The maximum absolute atomic E-state index is 12.3. The van der Waals surface area contributed by atoms with Gasteiger partial charge in [0.1, 0.15) is 6.04 Å². The lowest BCUT2D eigenvalue weighted by atomic mass is 10.1. The molecule has 1 aliphatic rings. The number of aryl methyl sites for hydroxylation is 1. The molecule has 2 atom stereocenters. The van der Waals surface area contributed by atoms with Gasteiger partial charge < -0.3 is 10.6 Å². The lowest BCUT2D eigenvalue weighted by Crippen LogP contribution is -2.43. The summed E-state index contributed by atoms with van der Waals surface area (Å²) in [5.41, 5.74) is 2.30. The predicted molar refractivity (Wildman–Crippen MR) is 87.9 cm³/mol. The molecule has 0 saturated heterocycles. The van der Waals surface area contributed by atoms with Crippen LogP contribution in [0, 0.1) is 6.92 Å². The van der Waals surface area contributed by atoms with Crippen LogP contribution >= 0.6 is 11.3 Å². The van der Waals surface area contributed by atoms with Crippen molar-refractivity contribution in [2.75, 3.05) is 5.32 Å². The quantitative estimate of drug-likeness (QED) is 0.911. The smallest absolute Gasteiger partial charge is 0.243 e. The molecule has 3 nitrogen and oxygen atoms in total. The van der Waals surface area contributed by atoms with Gasteiger partial charge in [0.2, 0.25) is 5.91 Å². The van der Waals surface area contributed by atoms with Crippen LogP contribution in [0.1, 0.15) is 22.2 Å². The monoisotopic (exact) mass is 300 g/mol. The molecule has 2 N–H and O–H groups in total. The van der Waals surface area contributed by atoms with Gasteiger partial charge in [0, 0.05) is 34.3 Å². The predicted octanol–water partition coefficient (Wildman–Crippen LogP) is 3.14. The van der Waals surface area contributed by atoms with Crippen molar-refractivity contribution in [1.82, 2.24) is 5.32 Å². The highest BCUT2D eigenvalue weighted by atomic mass is 32.1. The molecule has 0 aliphatic carbocycles. The Morgan fingerprint density at radius 3 is 2.90 bits per heavy atom. The Hall–Kier alpha value is -1.81. The van der Waals surface area contributed by atoms with Crippen molar-refractivity contribution in [3.8, 4) is 0 Å². The molecule has 0 fully saturated rings. The molecule has 2 unspecified atom stereocenters. The summed E-state index contributed by atoms with van der Waals surface area (Å²) < 4.78 is 0. The number of hydrogen-bond acceptors (Lipinski definition) is 3. The number of para-hydroxylation sites is 1. The fraction of sp³-hybridized carbons (Fsp3) is 0.353. The van der Waals surface area contributed by atoms with Crippen LogP contribution in [0.2, 0.25) is 0 Å². The second kappa shape index (κ2) is 5.90. The molecule has 1 aliphatic heterocycles. The van der Waals surface area contributed by atoms with E-state index in [2.05, 4.69) is 42.7 Å². The minimum Gasteiger partial charge on any atom is -0.373 e. The van der Waals surface area contributed by atoms with E-state index in [1.165, 1.54) is 15.3 Å². The largest absolute Gasteiger partial charge is 0.373 e. The van der Waals surface area contributed by atoms with E-state index in [0.717, 1.165) is 18.5 Å². The van der Waals surface area contributed by atoms with E-state index in [1.54, 1.807) is 11.3 Å². The summed E-state index contributed by atoms with van der Waals surface area (Å²) in [6.45, 7) is 4.17. The number of carbonyl (C=O) groups is 1. The maximum atomic E-state index is 12.3. The first-order valence-corrected chi connectivity index (χ1v) is 8.13. The third kappa shape index (κ3) is 3.27. The summed E-state index contributed by atoms with van der Waals surface area (Å²) in [5, 5.41) is 6.42. The number of amides is 1. The van der Waals surface area contributed by atoms with Crippen molar-refractivity contribution in [2.45, 2.75) is 38.8 Å². The van der Waals surface area contributed by atoms with Gasteiger partial charge in [-0.3, -0.25) is 4.79 Å². The van der Waals surface area contributed by atoms with E-state index in [4.69, 9.17) is 0 Å². The fourth-order valence-electron chi connectivity index (χ4n) is 2.75. The highest BCUT2D eigenvalue weighted by Crippen LogP contribution is 2.25. The Morgan fingerprint density at radius 2 is 2.19 bits per heavy atom. The van der Waals surface area contributed by atoms with Gasteiger partial charge in [-0.05, 0) is 37.6 Å². The Bertz CT molecular complexity index is 625. The molecular weight excluding hydrogens is 280 g/mol. The van der Waals surface area contributed by atoms with Crippen LogP contribution < -0.4 is 10.6 Å². The van der Waals surface area contributed by atoms with Crippen LogP contribution in [0.3, 0.4) is 0 Å². The van der Waals surface area contributed by atoms with Gasteiger partial charge in [0.25, 0.3) is 0 Å². The molecule has 4 heteroatoms. The van der Waals surface area contributed by atoms with Crippen molar-refractivity contribution in [3.05, 3.63) is 51.7 Å². The standard InChI is InChI=1S/C17H20N2OS/c1-11(9-14-8-7-12(2)21-14)18-17(20)16-10-13-5-3-4-6-15(13)19-16/h3-8,11,16,19H,9-10H2,1-2H3,(H,18,20). The van der Waals surface area contributed by atoms with Crippen molar-refractivity contribution < 1.29 is 4.79 Å². The van der Waals surface area contributed by atoms with E-state index in [9.17, 15) is 4.79 Å². The zero-order chi connectivity index (χ0) is 14.8. The molecule has 21 heavy (non-hydrogen) atoms. The van der Waals surface area contributed by atoms with Gasteiger partial charge in [0.15, 0.2) is 0 Å². The SMILES string of the molecule is Cc1ccc(CC(C)NC(=O)C2Cc3ccccc3N2)s1. The number of carbonyl (C=O) groups excluding carboxylic acids is 1. The minimum absolute atomic E-state index is 0.0898. The summed E-state index contributed by atoms with van der Waals surface area (Å²) in [4.78, 5) is 15.0. The first kappa shape index (κ1) is 14.1. The first-order valence-electron chi connectivity index (χ1n) is 7.32. The van der Waals surface area contributed by atoms with E-state index < -0.39 is 0 Å². The highest BCUT2D eigenvalue weighted by molar-refractivity contribution is 7.11. The normalized spacial score (nSPS) is 17.9. The van der Waals surface area contributed by atoms with Crippen LogP contribution in [0.4, 0.5) is 5.69 Å². The molecule has 1 amide bonds. The second-order valence-corrected chi connectivity index (χ2v) is 7.06. The average Bonchev–Trinajstić information content (AvgIpc) is 3.04. The highest BCUT2D eigenvalue weighted by Gasteiger charge is 2.26. The van der Waals surface area contributed by atoms with Gasteiger partial charge in [0.05, 0.1) is 0 Å². The molecule has 3 rings (SSSR count). The second-order valence-electron chi connectivity index (χ2n) is 5.68. The van der Waals surface area contributed by atoms with Crippen LogP contribution in [-0.2, 0) is 17.6 Å². The summed E-state index contributed by atoms with van der Waals surface area (Å²) in [5.74, 6) is 0.0898. The summed E-state index contributed by atoms with van der Waals surface area (Å²) in [6.07, 6.45) is 1.66. The molecule has 1 aromatic carbocycles. The fourth-order valence-corrected chi connectivity index (χ4v) is 3.77.